The van der Waals surface area contributed by atoms with Crippen molar-refractivity contribution in [1.29, 1.82) is 0 Å². The van der Waals surface area contributed by atoms with E-state index in [0.29, 0.717) is 48.5 Å². The second-order valence-corrected chi connectivity index (χ2v) is 7.08. The number of rotatable bonds is 2. The highest BCUT2D eigenvalue weighted by molar-refractivity contribution is 9.10. The van der Waals surface area contributed by atoms with Gasteiger partial charge in [0.25, 0.3) is 5.91 Å². The van der Waals surface area contributed by atoms with Crippen molar-refractivity contribution in [3.63, 3.8) is 0 Å². The summed E-state index contributed by atoms with van der Waals surface area (Å²) in [6.45, 7) is 2.36. The van der Waals surface area contributed by atoms with E-state index >= 15 is 0 Å². The Hall–Kier alpha value is -2.25. The molecule has 0 N–H and O–H groups in total. The molecule has 0 unspecified atom stereocenters. The van der Waals surface area contributed by atoms with E-state index in [2.05, 4.69) is 20.9 Å². The number of nitrogens with zero attached hydrogens (tertiary/aromatic N) is 2. The van der Waals surface area contributed by atoms with E-state index in [9.17, 15) is 9.59 Å². The molecule has 1 aromatic heterocycles. The Morgan fingerprint density at radius 2 is 2.00 bits per heavy atom. The molecule has 134 valence electrons. The molecule has 0 spiro atoms. The summed E-state index contributed by atoms with van der Waals surface area (Å²) in [4.78, 5) is 31.2. The first-order valence-electron chi connectivity index (χ1n) is 8.36. The first-order valence-corrected chi connectivity index (χ1v) is 9.16. The molecular formula is C19H17BrN2O4. The summed E-state index contributed by atoms with van der Waals surface area (Å²) in [7, 11) is 1.37. The molecule has 1 amide bonds. The molecule has 2 heterocycles. The van der Waals surface area contributed by atoms with Crippen LogP contribution < -0.4 is 0 Å². The third kappa shape index (κ3) is 2.91. The average molecular weight is 417 g/mol. The minimum atomic E-state index is -0.387. The minimum absolute atomic E-state index is 0.00869. The van der Waals surface area contributed by atoms with Crippen LogP contribution in [0.1, 0.15) is 31.8 Å². The third-order valence-corrected chi connectivity index (χ3v) is 5.18. The zero-order valence-electron chi connectivity index (χ0n) is 14.3. The Morgan fingerprint density at radius 3 is 2.73 bits per heavy atom. The van der Waals surface area contributed by atoms with Crippen LogP contribution >= 0.6 is 15.9 Å². The number of ether oxygens (including phenoxy) is 2. The molecule has 1 fully saturated rings. The summed E-state index contributed by atoms with van der Waals surface area (Å²) in [5.74, 6) is -0.379. The predicted octanol–water partition coefficient (Wildman–Crippen LogP) is 2.67. The molecule has 0 bridgehead atoms. The van der Waals surface area contributed by atoms with Gasteiger partial charge in [-0.05, 0) is 45.3 Å². The van der Waals surface area contributed by atoms with E-state index in [-0.39, 0.29) is 11.9 Å². The molecule has 2 aromatic rings. The van der Waals surface area contributed by atoms with Crippen LogP contribution in [0.5, 0.6) is 0 Å². The summed E-state index contributed by atoms with van der Waals surface area (Å²) in [5, 5.41) is 0. The number of carbonyl (C=O) groups excluding carboxylic acids is 2. The van der Waals surface area contributed by atoms with Gasteiger partial charge in [0.15, 0.2) is 0 Å². The van der Waals surface area contributed by atoms with Crippen LogP contribution in [0.2, 0.25) is 0 Å². The lowest BCUT2D eigenvalue weighted by atomic mass is 10.0. The highest BCUT2D eigenvalue weighted by Crippen LogP contribution is 2.39. The molecule has 7 heteroatoms. The molecule has 1 aliphatic heterocycles. The van der Waals surface area contributed by atoms with Gasteiger partial charge in [-0.15, -0.1) is 0 Å². The first kappa shape index (κ1) is 17.2. The van der Waals surface area contributed by atoms with Crippen LogP contribution in [-0.4, -0.2) is 55.2 Å². The van der Waals surface area contributed by atoms with Crippen LogP contribution in [0.15, 0.2) is 28.9 Å². The number of aromatic nitrogens is 1. The standard InChI is InChI=1S/C19H17BrN2O4/c1-25-19(24)15-10-16(20)21-17-13-3-2-11(8-12(13)9-14(15)17)18(23)22-4-6-26-7-5-22/h2-3,8,10H,4-7,9H2,1H3. The Morgan fingerprint density at radius 1 is 1.23 bits per heavy atom. The van der Waals surface area contributed by atoms with E-state index < -0.39 is 0 Å². The lowest BCUT2D eigenvalue weighted by molar-refractivity contribution is 0.0303. The number of hydrogen-bond acceptors (Lipinski definition) is 5. The zero-order valence-corrected chi connectivity index (χ0v) is 15.8. The predicted molar refractivity (Wildman–Crippen MR) is 98.2 cm³/mol. The molecule has 1 aliphatic carbocycles. The van der Waals surface area contributed by atoms with Gasteiger partial charge in [-0.3, -0.25) is 4.79 Å². The highest BCUT2D eigenvalue weighted by Gasteiger charge is 2.28. The van der Waals surface area contributed by atoms with Gasteiger partial charge in [-0.2, -0.15) is 0 Å². The number of hydrogen-bond donors (Lipinski definition) is 0. The van der Waals surface area contributed by atoms with Crippen LogP contribution in [0, 0.1) is 0 Å². The van der Waals surface area contributed by atoms with E-state index in [1.807, 2.05) is 23.1 Å². The molecule has 1 aromatic carbocycles. The summed E-state index contributed by atoms with van der Waals surface area (Å²) < 4.78 is 10.8. The van der Waals surface area contributed by atoms with Crippen molar-refractivity contribution in [3.05, 3.63) is 51.1 Å². The first-order chi connectivity index (χ1) is 12.6. The van der Waals surface area contributed by atoms with E-state index in [1.54, 1.807) is 6.07 Å². The Kier molecular flexibility index (Phi) is 4.50. The number of halogens is 1. The van der Waals surface area contributed by atoms with Crippen molar-refractivity contribution in [3.8, 4) is 11.3 Å². The van der Waals surface area contributed by atoms with Gasteiger partial charge in [0.1, 0.15) is 4.60 Å². The highest BCUT2D eigenvalue weighted by atomic mass is 79.9. The Labute approximate surface area is 159 Å². The van der Waals surface area contributed by atoms with E-state index in [0.717, 1.165) is 22.4 Å². The van der Waals surface area contributed by atoms with Gasteiger partial charge in [-0.25, -0.2) is 9.78 Å². The molecule has 0 atom stereocenters. The molecule has 1 saturated heterocycles. The zero-order chi connectivity index (χ0) is 18.3. The van der Waals surface area contributed by atoms with Gasteiger partial charge >= 0.3 is 5.97 Å². The second kappa shape index (κ2) is 6.81. The van der Waals surface area contributed by atoms with Crippen molar-refractivity contribution in [2.45, 2.75) is 6.42 Å². The fourth-order valence-corrected chi connectivity index (χ4v) is 3.88. The topological polar surface area (TPSA) is 68.7 Å². The Balaban J connectivity index is 1.70. The molecule has 26 heavy (non-hydrogen) atoms. The maximum Gasteiger partial charge on any atom is 0.338 e. The molecule has 0 radical (unpaired) electrons. The average Bonchev–Trinajstić information content (AvgIpc) is 3.04. The fourth-order valence-electron chi connectivity index (χ4n) is 3.48. The maximum atomic E-state index is 12.7. The minimum Gasteiger partial charge on any atom is -0.465 e. The molecule has 2 aliphatic rings. The maximum absolute atomic E-state index is 12.7. The fraction of sp³-hybridized carbons (Fsp3) is 0.316. The number of esters is 1. The van der Waals surface area contributed by atoms with Crippen LogP contribution in [0.25, 0.3) is 11.3 Å². The van der Waals surface area contributed by atoms with Crippen molar-refractivity contribution >= 4 is 27.8 Å². The number of benzene rings is 1. The van der Waals surface area contributed by atoms with Crippen molar-refractivity contribution in [1.82, 2.24) is 9.88 Å². The molecule has 4 rings (SSSR count). The van der Waals surface area contributed by atoms with Gasteiger partial charge in [0, 0.05) is 30.6 Å². The lowest BCUT2D eigenvalue weighted by Gasteiger charge is -2.27. The van der Waals surface area contributed by atoms with Crippen molar-refractivity contribution in [2.75, 3.05) is 33.4 Å². The van der Waals surface area contributed by atoms with E-state index in [4.69, 9.17) is 9.47 Å². The quantitative estimate of drug-likeness (QED) is 0.474. The number of morpholine rings is 1. The summed E-state index contributed by atoms with van der Waals surface area (Å²) in [5.41, 5.74) is 4.70. The third-order valence-electron chi connectivity index (χ3n) is 4.77. The molecular weight excluding hydrogens is 400 g/mol. The van der Waals surface area contributed by atoms with Gasteiger partial charge < -0.3 is 14.4 Å². The summed E-state index contributed by atoms with van der Waals surface area (Å²) in [6, 6.07) is 7.32. The van der Waals surface area contributed by atoms with Crippen molar-refractivity contribution in [2.24, 2.45) is 0 Å². The normalized spacial score (nSPS) is 15.4. The number of amides is 1. The van der Waals surface area contributed by atoms with Crippen LogP contribution in [0.3, 0.4) is 0 Å². The van der Waals surface area contributed by atoms with Crippen molar-refractivity contribution < 1.29 is 19.1 Å². The van der Waals surface area contributed by atoms with E-state index in [1.165, 1.54) is 7.11 Å². The van der Waals surface area contributed by atoms with Gasteiger partial charge in [0.2, 0.25) is 0 Å². The smallest absolute Gasteiger partial charge is 0.338 e. The van der Waals surface area contributed by atoms with Gasteiger partial charge in [-0.1, -0.05) is 6.07 Å². The molecule has 0 saturated carbocycles. The number of fused-ring (bicyclic) bond motifs is 3. The second-order valence-electron chi connectivity index (χ2n) is 6.26. The summed E-state index contributed by atoms with van der Waals surface area (Å²) >= 11 is 3.36. The van der Waals surface area contributed by atoms with Gasteiger partial charge in [0.05, 0.1) is 31.6 Å². The largest absolute Gasteiger partial charge is 0.465 e. The Bertz CT molecular complexity index is 907. The number of carbonyl (C=O) groups is 2. The molecule has 6 nitrogen and oxygen atoms in total. The van der Waals surface area contributed by atoms with Crippen LogP contribution in [0.4, 0.5) is 0 Å². The number of pyridine rings is 1. The summed E-state index contributed by atoms with van der Waals surface area (Å²) in [6.07, 6.45) is 0.555. The monoisotopic (exact) mass is 416 g/mol. The van der Waals surface area contributed by atoms with Crippen LogP contribution in [-0.2, 0) is 15.9 Å². The number of methoxy groups -OCH3 is 1. The lowest BCUT2D eigenvalue weighted by Crippen LogP contribution is -2.40. The SMILES string of the molecule is COC(=O)c1cc(Br)nc2c1Cc1cc(C(=O)N3CCOCC3)ccc1-2.